The molecule has 1 aromatic rings. The summed E-state index contributed by atoms with van der Waals surface area (Å²) in [4.78, 5) is 15.9. The fourth-order valence-electron chi connectivity index (χ4n) is 1.39. The molecule has 1 amide bonds. The number of carbonyl (C=O) groups excluding carboxylic acids is 1. The quantitative estimate of drug-likeness (QED) is 0.746. The zero-order valence-corrected chi connectivity index (χ0v) is 11.7. The van der Waals surface area contributed by atoms with Crippen molar-refractivity contribution < 1.29 is 9.90 Å². The van der Waals surface area contributed by atoms with E-state index in [4.69, 9.17) is 5.11 Å². The summed E-state index contributed by atoms with van der Waals surface area (Å²) in [6.07, 6.45) is 5.42. The lowest BCUT2D eigenvalue weighted by molar-refractivity contribution is -0.115. The highest BCUT2D eigenvalue weighted by molar-refractivity contribution is 8.00. The van der Waals surface area contributed by atoms with Crippen molar-refractivity contribution in [2.75, 3.05) is 11.1 Å². The molecule has 0 fully saturated rings. The molecule has 0 saturated heterocycles. The molecule has 18 heavy (non-hydrogen) atoms. The zero-order valence-electron chi connectivity index (χ0n) is 10.8. The third-order valence-corrected chi connectivity index (χ3v) is 3.81. The number of hydrogen-bond donors (Lipinski definition) is 2. The molecule has 0 aliphatic rings. The fourth-order valence-corrected chi connectivity index (χ4v) is 2.41. The Morgan fingerprint density at radius 2 is 2.39 bits per heavy atom. The molecule has 1 heterocycles. The molecule has 0 aromatic carbocycles. The SMILES string of the molecule is CCCCSC(C)C(=O)Nc1cnccc1CO. The lowest BCUT2D eigenvalue weighted by Crippen LogP contribution is -2.23. The summed E-state index contributed by atoms with van der Waals surface area (Å²) >= 11 is 1.65. The summed E-state index contributed by atoms with van der Waals surface area (Å²) in [5, 5.41) is 11.9. The normalized spacial score (nSPS) is 12.2. The van der Waals surface area contributed by atoms with E-state index >= 15 is 0 Å². The number of thioether (sulfide) groups is 1. The van der Waals surface area contributed by atoms with Gasteiger partial charge < -0.3 is 10.4 Å². The van der Waals surface area contributed by atoms with Gasteiger partial charge in [0.25, 0.3) is 0 Å². The molecule has 0 saturated carbocycles. The van der Waals surface area contributed by atoms with Crippen molar-refractivity contribution in [2.45, 2.75) is 38.5 Å². The van der Waals surface area contributed by atoms with Gasteiger partial charge in [0.1, 0.15) is 0 Å². The maximum Gasteiger partial charge on any atom is 0.237 e. The second-order valence-corrected chi connectivity index (χ2v) is 5.50. The standard InChI is InChI=1S/C13H20N2O2S/c1-3-4-7-18-10(2)13(17)15-12-8-14-6-5-11(12)9-16/h5-6,8,10,16H,3-4,7,9H2,1-2H3,(H,15,17). The highest BCUT2D eigenvalue weighted by Gasteiger charge is 2.14. The fraction of sp³-hybridized carbons (Fsp3) is 0.538. The Hall–Kier alpha value is -1.07. The van der Waals surface area contributed by atoms with Crippen LogP contribution >= 0.6 is 11.8 Å². The maximum atomic E-state index is 11.9. The van der Waals surface area contributed by atoms with Gasteiger partial charge >= 0.3 is 0 Å². The minimum Gasteiger partial charge on any atom is -0.392 e. The topological polar surface area (TPSA) is 62.2 Å². The van der Waals surface area contributed by atoms with Crippen molar-refractivity contribution in [3.8, 4) is 0 Å². The molecule has 4 nitrogen and oxygen atoms in total. The second kappa shape index (κ2) is 8.11. The van der Waals surface area contributed by atoms with Gasteiger partial charge in [-0.25, -0.2) is 0 Å². The summed E-state index contributed by atoms with van der Waals surface area (Å²) in [7, 11) is 0. The van der Waals surface area contributed by atoms with Crippen LogP contribution in [0.5, 0.6) is 0 Å². The Morgan fingerprint density at radius 1 is 1.61 bits per heavy atom. The van der Waals surface area contributed by atoms with Gasteiger partial charge in [-0.15, -0.1) is 11.8 Å². The molecule has 0 aliphatic carbocycles. The first kappa shape index (κ1) is 15.0. The van der Waals surface area contributed by atoms with Crippen LogP contribution in [0.3, 0.4) is 0 Å². The summed E-state index contributed by atoms with van der Waals surface area (Å²) in [6, 6.07) is 1.70. The monoisotopic (exact) mass is 268 g/mol. The van der Waals surface area contributed by atoms with E-state index in [2.05, 4.69) is 17.2 Å². The van der Waals surface area contributed by atoms with Crippen molar-refractivity contribution in [1.29, 1.82) is 0 Å². The van der Waals surface area contributed by atoms with E-state index < -0.39 is 0 Å². The predicted octanol–water partition coefficient (Wildman–Crippen LogP) is 2.43. The van der Waals surface area contributed by atoms with Crippen molar-refractivity contribution in [1.82, 2.24) is 4.98 Å². The van der Waals surface area contributed by atoms with E-state index in [9.17, 15) is 4.79 Å². The van der Waals surface area contributed by atoms with E-state index in [0.717, 1.165) is 18.6 Å². The van der Waals surface area contributed by atoms with E-state index in [-0.39, 0.29) is 17.8 Å². The number of nitrogens with zero attached hydrogens (tertiary/aromatic N) is 1. The first-order valence-electron chi connectivity index (χ1n) is 6.15. The minimum atomic E-state index is -0.102. The molecule has 0 bridgehead atoms. The Morgan fingerprint density at radius 3 is 3.06 bits per heavy atom. The molecular weight excluding hydrogens is 248 g/mol. The molecule has 5 heteroatoms. The number of anilines is 1. The minimum absolute atomic E-state index is 0.0428. The number of pyridine rings is 1. The smallest absolute Gasteiger partial charge is 0.237 e. The Kier molecular flexibility index (Phi) is 6.75. The Balaban J connectivity index is 2.53. The van der Waals surface area contributed by atoms with Crippen LogP contribution in [-0.4, -0.2) is 27.0 Å². The van der Waals surface area contributed by atoms with Gasteiger partial charge in [-0.1, -0.05) is 13.3 Å². The number of unbranched alkanes of at least 4 members (excludes halogenated alkanes) is 1. The Bertz CT molecular complexity index is 385. The largest absolute Gasteiger partial charge is 0.392 e. The van der Waals surface area contributed by atoms with Crippen LogP contribution in [0.15, 0.2) is 18.5 Å². The van der Waals surface area contributed by atoms with Crippen molar-refractivity contribution in [3.63, 3.8) is 0 Å². The van der Waals surface area contributed by atoms with Crippen LogP contribution in [0.4, 0.5) is 5.69 Å². The number of rotatable bonds is 7. The number of aliphatic hydroxyl groups is 1. The lowest BCUT2D eigenvalue weighted by Gasteiger charge is -2.13. The molecule has 0 radical (unpaired) electrons. The molecule has 1 unspecified atom stereocenters. The number of amides is 1. The summed E-state index contributed by atoms with van der Waals surface area (Å²) in [6.45, 7) is 3.93. The van der Waals surface area contributed by atoms with Crippen LogP contribution in [0.2, 0.25) is 0 Å². The van der Waals surface area contributed by atoms with Crippen LogP contribution in [0.25, 0.3) is 0 Å². The van der Waals surface area contributed by atoms with E-state index in [1.165, 1.54) is 0 Å². The van der Waals surface area contributed by atoms with Crippen LogP contribution in [-0.2, 0) is 11.4 Å². The highest BCUT2D eigenvalue weighted by atomic mass is 32.2. The number of nitrogens with one attached hydrogen (secondary N) is 1. The van der Waals surface area contributed by atoms with Gasteiger partial charge in [0.05, 0.1) is 23.7 Å². The molecule has 1 aromatic heterocycles. The average molecular weight is 268 g/mol. The zero-order chi connectivity index (χ0) is 13.4. The van der Waals surface area contributed by atoms with E-state index in [1.54, 1.807) is 30.2 Å². The molecule has 0 spiro atoms. The van der Waals surface area contributed by atoms with Crippen molar-refractivity contribution in [3.05, 3.63) is 24.0 Å². The number of carbonyl (C=O) groups is 1. The van der Waals surface area contributed by atoms with Gasteiger partial charge in [-0.2, -0.15) is 0 Å². The number of aromatic nitrogens is 1. The number of hydrogen-bond acceptors (Lipinski definition) is 4. The second-order valence-electron chi connectivity index (χ2n) is 4.05. The van der Waals surface area contributed by atoms with Crippen molar-refractivity contribution >= 4 is 23.4 Å². The average Bonchev–Trinajstić information content (AvgIpc) is 2.39. The molecule has 2 N–H and O–H groups in total. The number of aliphatic hydroxyl groups excluding tert-OH is 1. The summed E-state index contributed by atoms with van der Waals surface area (Å²) in [5.41, 5.74) is 1.28. The van der Waals surface area contributed by atoms with Gasteiger partial charge in [0.2, 0.25) is 5.91 Å². The van der Waals surface area contributed by atoms with Crippen molar-refractivity contribution in [2.24, 2.45) is 0 Å². The van der Waals surface area contributed by atoms with E-state index in [0.29, 0.717) is 11.3 Å². The van der Waals surface area contributed by atoms with Gasteiger partial charge in [-0.05, 0) is 25.2 Å². The van der Waals surface area contributed by atoms with Crippen LogP contribution in [0.1, 0.15) is 32.3 Å². The lowest BCUT2D eigenvalue weighted by atomic mass is 10.2. The van der Waals surface area contributed by atoms with E-state index in [1.807, 2.05) is 6.92 Å². The van der Waals surface area contributed by atoms with Gasteiger partial charge in [0.15, 0.2) is 0 Å². The first-order valence-corrected chi connectivity index (χ1v) is 7.20. The molecule has 1 atom stereocenters. The summed E-state index contributed by atoms with van der Waals surface area (Å²) < 4.78 is 0. The maximum absolute atomic E-state index is 11.9. The van der Waals surface area contributed by atoms with Crippen LogP contribution in [0, 0.1) is 0 Å². The molecule has 100 valence electrons. The third-order valence-electron chi connectivity index (χ3n) is 2.57. The molecule has 0 aliphatic heterocycles. The van der Waals surface area contributed by atoms with Gasteiger partial charge in [0, 0.05) is 11.8 Å². The van der Waals surface area contributed by atoms with Crippen LogP contribution < -0.4 is 5.32 Å². The summed E-state index contributed by atoms with van der Waals surface area (Å²) in [5.74, 6) is 0.948. The Labute approximate surface area is 112 Å². The predicted molar refractivity (Wildman–Crippen MR) is 75.6 cm³/mol. The molecular formula is C13H20N2O2S. The first-order chi connectivity index (χ1) is 8.69. The third kappa shape index (κ3) is 4.66. The molecule has 1 rings (SSSR count). The highest BCUT2D eigenvalue weighted by Crippen LogP contribution is 2.17. The van der Waals surface area contributed by atoms with Gasteiger partial charge in [-0.3, -0.25) is 9.78 Å².